The van der Waals surface area contributed by atoms with Crippen LogP contribution in [-0.2, 0) is 18.9 Å². The van der Waals surface area contributed by atoms with Crippen LogP contribution in [0.1, 0.15) is 13.8 Å². The molecule has 2 rings (SSSR count). The lowest BCUT2D eigenvalue weighted by molar-refractivity contribution is 0.0641. The van der Waals surface area contributed by atoms with E-state index in [1.54, 1.807) is 32.0 Å². The minimum absolute atomic E-state index is 0.0987. The number of carbonyl (C=O) groups excluding carboxylic acids is 2. The highest BCUT2D eigenvalue weighted by Crippen LogP contribution is 2.36. The highest BCUT2D eigenvalue weighted by Gasteiger charge is 2.35. The Balaban J connectivity index is 2.37. The molecule has 10 heteroatoms. The highest BCUT2D eigenvalue weighted by molar-refractivity contribution is 6.37. The minimum atomic E-state index is -0.936. The first-order valence-corrected chi connectivity index (χ1v) is 8.81. The number of nitrogens with one attached hydrogen (secondary N) is 1. The molecule has 0 aliphatic carbocycles. The standard InChI is InChI=1S/C18H19Cl2NO7/c1-9-14(27-17(22)24-3)11(15(10(2)21-9)28-18(23)25-4)8-26-16-12(19)6-5-7-13(16)20/h5-7,11,21H,8H2,1-4H3. The Morgan fingerprint density at radius 3 is 1.86 bits per heavy atom. The average molecular weight is 432 g/mol. The van der Waals surface area contributed by atoms with Crippen molar-refractivity contribution in [2.24, 2.45) is 5.92 Å². The van der Waals surface area contributed by atoms with Crippen LogP contribution in [0.3, 0.4) is 0 Å². The van der Waals surface area contributed by atoms with Crippen LogP contribution in [0.2, 0.25) is 10.0 Å². The first-order valence-electron chi connectivity index (χ1n) is 8.05. The molecule has 0 atom stereocenters. The molecule has 1 aliphatic rings. The van der Waals surface area contributed by atoms with Gasteiger partial charge in [0.05, 0.1) is 35.7 Å². The van der Waals surface area contributed by atoms with Crippen LogP contribution in [0, 0.1) is 5.92 Å². The number of rotatable bonds is 5. The molecule has 1 heterocycles. The number of hydrogen-bond donors (Lipinski definition) is 1. The number of ether oxygens (including phenoxy) is 5. The number of dihydropyridines is 1. The summed E-state index contributed by atoms with van der Waals surface area (Å²) in [6.45, 7) is 3.27. The molecular formula is C18H19Cl2NO7. The third-order valence-corrected chi connectivity index (χ3v) is 4.38. The van der Waals surface area contributed by atoms with E-state index in [-0.39, 0.29) is 23.9 Å². The summed E-state index contributed by atoms with van der Waals surface area (Å²) in [4.78, 5) is 23.4. The summed E-state index contributed by atoms with van der Waals surface area (Å²) in [5.74, 6) is -0.236. The Labute approximate surface area is 171 Å². The van der Waals surface area contributed by atoms with Gasteiger partial charge in [-0.15, -0.1) is 0 Å². The Kier molecular flexibility index (Phi) is 7.42. The monoisotopic (exact) mass is 431 g/mol. The molecule has 1 aromatic carbocycles. The number of carbonyl (C=O) groups is 2. The number of hydrogen-bond acceptors (Lipinski definition) is 8. The molecule has 0 fully saturated rings. The van der Waals surface area contributed by atoms with E-state index in [1.807, 2.05) is 0 Å². The van der Waals surface area contributed by atoms with Crippen LogP contribution in [0.4, 0.5) is 9.59 Å². The number of allylic oxidation sites excluding steroid dienone is 2. The van der Waals surface area contributed by atoms with Gasteiger partial charge in [-0.05, 0) is 26.0 Å². The summed E-state index contributed by atoms with van der Waals surface area (Å²) in [5.41, 5.74) is 1.03. The van der Waals surface area contributed by atoms with E-state index in [4.69, 9.17) is 37.4 Å². The Morgan fingerprint density at radius 1 is 0.964 bits per heavy atom. The van der Waals surface area contributed by atoms with Crippen LogP contribution in [-0.4, -0.2) is 33.1 Å². The van der Waals surface area contributed by atoms with E-state index in [9.17, 15) is 9.59 Å². The van der Waals surface area contributed by atoms with Crippen molar-refractivity contribution in [1.29, 1.82) is 0 Å². The molecule has 1 aliphatic heterocycles. The Hall–Kier alpha value is -2.58. The van der Waals surface area contributed by atoms with Crippen molar-refractivity contribution in [1.82, 2.24) is 5.32 Å². The fourth-order valence-electron chi connectivity index (χ4n) is 2.54. The van der Waals surface area contributed by atoms with Gasteiger partial charge >= 0.3 is 12.3 Å². The van der Waals surface area contributed by atoms with Crippen LogP contribution in [0.5, 0.6) is 5.75 Å². The Bertz CT molecular complexity index is 775. The zero-order valence-corrected chi connectivity index (χ0v) is 17.1. The molecule has 0 radical (unpaired) electrons. The zero-order chi connectivity index (χ0) is 20.8. The quantitative estimate of drug-likeness (QED) is 0.674. The van der Waals surface area contributed by atoms with Gasteiger partial charge in [0.1, 0.15) is 24.0 Å². The third-order valence-electron chi connectivity index (χ3n) is 3.78. The van der Waals surface area contributed by atoms with Crippen molar-refractivity contribution in [3.63, 3.8) is 0 Å². The normalized spacial score (nSPS) is 14.4. The Morgan fingerprint density at radius 2 is 1.43 bits per heavy atom. The summed E-state index contributed by atoms with van der Waals surface area (Å²) >= 11 is 12.3. The molecule has 1 aromatic rings. The van der Waals surface area contributed by atoms with E-state index in [2.05, 4.69) is 14.8 Å². The molecule has 152 valence electrons. The maximum atomic E-state index is 11.7. The van der Waals surface area contributed by atoms with Gasteiger partial charge in [-0.2, -0.15) is 0 Å². The smallest absolute Gasteiger partial charge is 0.489 e. The number of para-hydroxylation sites is 1. The van der Waals surface area contributed by atoms with Gasteiger partial charge in [-0.1, -0.05) is 29.3 Å². The molecule has 28 heavy (non-hydrogen) atoms. The maximum absolute atomic E-state index is 11.7. The van der Waals surface area contributed by atoms with Crippen molar-refractivity contribution >= 4 is 35.5 Å². The second kappa shape index (κ2) is 9.57. The summed E-state index contributed by atoms with van der Waals surface area (Å²) in [7, 11) is 2.35. The van der Waals surface area contributed by atoms with Crippen molar-refractivity contribution < 1.29 is 33.3 Å². The molecule has 0 aromatic heterocycles. The van der Waals surface area contributed by atoms with E-state index in [1.165, 1.54) is 14.2 Å². The molecule has 0 saturated heterocycles. The van der Waals surface area contributed by atoms with E-state index < -0.39 is 18.2 Å². The zero-order valence-electron chi connectivity index (χ0n) is 15.6. The van der Waals surface area contributed by atoms with Crippen molar-refractivity contribution in [3.8, 4) is 5.75 Å². The maximum Gasteiger partial charge on any atom is 0.513 e. The van der Waals surface area contributed by atoms with E-state index >= 15 is 0 Å². The largest absolute Gasteiger partial charge is 0.513 e. The highest BCUT2D eigenvalue weighted by atomic mass is 35.5. The molecule has 0 unspecified atom stereocenters. The average Bonchev–Trinajstić information content (AvgIpc) is 2.66. The SMILES string of the molecule is COC(=O)OC1=C(C)NC(C)=C(OC(=O)OC)C1COc1c(Cl)cccc1Cl. The van der Waals surface area contributed by atoms with Crippen LogP contribution >= 0.6 is 23.2 Å². The minimum Gasteiger partial charge on any atom is -0.489 e. The lowest BCUT2D eigenvalue weighted by atomic mass is 9.99. The van der Waals surface area contributed by atoms with Gasteiger partial charge in [0, 0.05) is 0 Å². The first kappa shape index (κ1) is 21.7. The summed E-state index contributed by atoms with van der Waals surface area (Å²) in [6, 6.07) is 4.91. The molecule has 0 spiro atoms. The third kappa shape index (κ3) is 5.02. The van der Waals surface area contributed by atoms with Crippen LogP contribution in [0.15, 0.2) is 41.1 Å². The number of benzene rings is 1. The van der Waals surface area contributed by atoms with Crippen molar-refractivity contribution in [2.45, 2.75) is 13.8 Å². The molecule has 8 nitrogen and oxygen atoms in total. The lowest BCUT2D eigenvalue weighted by Crippen LogP contribution is -2.33. The van der Waals surface area contributed by atoms with Gasteiger partial charge < -0.3 is 29.0 Å². The fraction of sp³-hybridized carbons (Fsp3) is 0.333. The van der Waals surface area contributed by atoms with E-state index in [0.29, 0.717) is 21.4 Å². The van der Waals surface area contributed by atoms with Gasteiger partial charge in [0.25, 0.3) is 0 Å². The predicted molar refractivity (Wildman–Crippen MR) is 101 cm³/mol. The molecular weight excluding hydrogens is 413 g/mol. The topological polar surface area (TPSA) is 92.3 Å². The molecule has 0 bridgehead atoms. The predicted octanol–water partition coefficient (Wildman–Crippen LogP) is 4.62. The second-order valence-corrected chi connectivity index (χ2v) is 6.44. The summed E-state index contributed by atoms with van der Waals surface area (Å²) < 4.78 is 25.4. The van der Waals surface area contributed by atoms with Gasteiger partial charge in [0.15, 0.2) is 5.75 Å². The first-order chi connectivity index (χ1) is 13.3. The van der Waals surface area contributed by atoms with Gasteiger partial charge in [-0.3, -0.25) is 0 Å². The molecule has 1 N–H and O–H groups in total. The molecule has 0 saturated carbocycles. The van der Waals surface area contributed by atoms with Gasteiger partial charge in [-0.25, -0.2) is 9.59 Å². The van der Waals surface area contributed by atoms with Crippen LogP contribution < -0.4 is 10.1 Å². The van der Waals surface area contributed by atoms with Crippen molar-refractivity contribution in [3.05, 3.63) is 51.2 Å². The summed E-state index contributed by atoms with van der Waals surface area (Å²) in [5, 5.41) is 3.57. The number of halogens is 2. The van der Waals surface area contributed by atoms with Crippen LogP contribution in [0.25, 0.3) is 0 Å². The fourth-order valence-corrected chi connectivity index (χ4v) is 3.05. The second-order valence-electron chi connectivity index (χ2n) is 5.63. The summed E-state index contributed by atoms with van der Waals surface area (Å²) in [6.07, 6.45) is -1.87. The van der Waals surface area contributed by atoms with Crippen molar-refractivity contribution in [2.75, 3.05) is 20.8 Å². The number of methoxy groups -OCH3 is 2. The van der Waals surface area contributed by atoms with E-state index in [0.717, 1.165) is 0 Å². The lowest BCUT2D eigenvalue weighted by Gasteiger charge is -2.29. The van der Waals surface area contributed by atoms with Gasteiger partial charge in [0.2, 0.25) is 0 Å². The molecule has 0 amide bonds.